The lowest BCUT2D eigenvalue weighted by Crippen LogP contribution is -2.40. The first-order chi connectivity index (χ1) is 21.5. The van der Waals surface area contributed by atoms with Crippen molar-refractivity contribution in [3.8, 4) is 22.9 Å². The Labute approximate surface area is 261 Å². The second-order valence-electron chi connectivity index (χ2n) is 11.9. The highest BCUT2D eigenvalue weighted by Gasteiger charge is 2.33. The summed E-state index contributed by atoms with van der Waals surface area (Å²) < 4.78 is 22.0. The first-order valence-electron chi connectivity index (χ1n) is 14.8. The number of rotatable bonds is 11. The standard InChI is InChI=1S/C32H38N6O7/c1-20(34-30(40)45-32(2,3)4)18-43-28-10-6-9-24(35-28)22-8-5-7-21(15-22)16-33-14-13-23-17-38(31(41)44-23)26-12-11-25-29(36-26)37-27(39)19-42-25/h5-12,15,20,23,33H,13-14,16-19H2,1-4H3,(H,34,40)(H,36,37,39)/t20?,23-/m0/s1. The summed E-state index contributed by atoms with van der Waals surface area (Å²) in [6.45, 7) is 9.06. The second-order valence-corrected chi connectivity index (χ2v) is 11.9. The van der Waals surface area contributed by atoms with Gasteiger partial charge in [-0.25, -0.2) is 19.6 Å². The molecule has 3 N–H and O–H groups in total. The van der Waals surface area contributed by atoms with E-state index in [0.29, 0.717) is 49.3 Å². The Kier molecular flexibility index (Phi) is 9.67. The number of hydrogen-bond acceptors (Lipinski definition) is 10. The fourth-order valence-corrected chi connectivity index (χ4v) is 4.72. The van der Waals surface area contributed by atoms with E-state index in [0.717, 1.165) is 16.8 Å². The number of carbonyl (C=O) groups excluding carboxylic acids is 3. The van der Waals surface area contributed by atoms with Crippen LogP contribution in [0.3, 0.4) is 0 Å². The molecule has 0 saturated carbocycles. The van der Waals surface area contributed by atoms with Crippen LogP contribution in [-0.4, -0.2) is 72.1 Å². The van der Waals surface area contributed by atoms with E-state index in [1.807, 2.05) is 58.0 Å². The Morgan fingerprint density at radius 3 is 2.78 bits per heavy atom. The van der Waals surface area contributed by atoms with Gasteiger partial charge in [0.05, 0.1) is 18.3 Å². The zero-order valence-electron chi connectivity index (χ0n) is 25.8. The molecule has 13 heteroatoms. The van der Waals surface area contributed by atoms with Gasteiger partial charge in [0.15, 0.2) is 18.2 Å². The van der Waals surface area contributed by atoms with E-state index in [2.05, 4.69) is 32.0 Å². The SMILES string of the molecule is CC(COc1cccc(-c2cccc(CNCC[C@H]3CN(c4ccc5c(n4)NC(=O)CO5)C(=O)O3)c2)n1)NC(=O)OC(C)(C)C. The smallest absolute Gasteiger partial charge is 0.415 e. The topological polar surface area (TPSA) is 153 Å². The molecule has 3 amide bonds. The number of benzene rings is 1. The maximum absolute atomic E-state index is 12.5. The zero-order chi connectivity index (χ0) is 32.0. The Hall–Kier alpha value is -4.91. The van der Waals surface area contributed by atoms with E-state index in [1.54, 1.807) is 18.2 Å². The van der Waals surface area contributed by atoms with Gasteiger partial charge in [0, 0.05) is 18.2 Å². The molecule has 13 nitrogen and oxygen atoms in total. The van der Waals surface area contributed by atoms with Crippen LogP contribution in [0.25, 0.3) is 11.3 Å². The van der Waals surface area contributed by atoms with Gasteiger partial charge in [-0.2, -0.15) is 0 Å². The number of aromatic nitrogens is 2. The molecule has 4 heterocycles. The highest BCUT2D eigenvalue weighted by molar-refractivity contribution is 5.95. The second kappa shape index (κ2) is 13.8. The van der Waals surface area contributed by atoms with E-state index in [4.69, 9.17) is 18.9 Å². The maximum atomic E-state index is 12.5. The van der Waals surface area contributed by atoms with E-state index in [9.17, 15) is 14.4 Å². The molecule has 1 saturated heterocycles. The van der Waals surface area contributed by atoms with Gasteiger partial charge >= 0.3 is 12.2 Å². The molecule has 2 aliphatic rings. The van der Waals surface area contributed by atoms with E-state index >= 15 is 0 Å². The van der Waals surface area contributed by atoms with Crippen LogP contribution in [-0.2, 0) is 20.8 Å². The number of pyridine rings is 2. The number of ether oxygens (including phenoxy) is 4. The number of cyclic esters (lactones) is 1. The molecule has 1 fully saturated rings. The van der Waals surface area contributed by atoms with Crippen LogP contribution in [0, 0.1) is 0 Å². The number of nitrogens with zero attached hydrogens (tertiary/aromatic N) is 3. The van der Waals surface area contributed by atoms with Crippen molar-refractivity contribution in [1.82, 2.24) is 20.6 Å². The predicted molar refractivity (Wildman–Crippen MR) is 166 cm³/mol. The number of amides is 3. The molecule has 3 aromatic rings. The van der Waals surface area contributed by atoms with Crippen molar-refractivity contribution in [3.05, 3.63) is 60.2 Å². The molecule has 238 valence electrons. The molecule has 0 spiro atoms. The molecule has 2 atom stereocenters. The molecule has 0 aliphatic carbocycles. The minimum atomic E-state index is -0.572. The summed E-state index contributed by atoms with van der Waals surface area (Å²) in [4.78, 5) is 46.6. The van der Waals surface area contributed by atoms with Crippen molar-refractivity contribution < 1.29 is 33.3 Å². The van der Waals surface area contributed by atoms with Crippen LogP contribution in [0.1, 0.15) is 39.7 Å². The number of fused-ring (bicyclic) bond motifs is 1. The molecule has 1 unspecified atom stereocenters. The van der Waals surface area contributed by atoms with Gasteiger partial charge in [0.2, 0.25) is 5.88 Å². The summed E-state index contributed by atoms with van der Waals surface area (Å²) in [6, 6.07) is 16.7. The average Bonchev–Trinajstić information content (AvgIpc) is 3.37. The number of anilines is 2. The molecule has 0 radical (unpaired) electrons. The quantitative estimate of drug-likeness (QED) is 0.266. The third-order valence-corrected chi connectivity index (χ3v) is 6.77. The molecule has 5 rings (SSSR count). The largest absolute Gasteiger partial charge is 0.480 e. The van der Waals surface area contributed by atoms with Gasteiger partial charge < -0.3 is 34.9 Å². The lowest BCUT2D eigenvalue weighted by Gasteiger charge is -2.22. The highest BCUT2D eigenvalue weighted by atomic mass is 16.6. The molecule has 45 heavy (non-hydrogen) atoms. The number of carbonyl (C=O) groups is 3. The van der Waals surface area contributed by atoms with Crippen molar-refractivity contribution >= 4 is 29.7 Å². The van der Waals surface area contributed by atoms with Crippen LogP contribution in [0.5, 0.6) is 11.6 Å². The summed E-state index contributed by atoms with van der Waals surface area (Å²) in [7, 11) is 0. The Bertz CT molecular complexity index is 1540. The average molecular weight is 619 g/mol. The minimum absolute atomic E-state index is 0.0599. The zero-order valence-corrected chi connectivity index (χ0v) is 25.8. The Morgan fingerprint density at radius 1 is 1.13 bits per heavy atom. The predicted octanol–water partition coefficient (Wildman–Crippen LogP) is 4.27. The third-order valence-electron chi connectivity index (χ3n) is 6.77. The monoisotopic (exact) mass is 618 g/mol. The van der Waals surface area contributed by atoms with Crippen LogP contribution >= 0.6 is 0 Å². The van der Waals surface area contributed by atoms with E-state index in [1.165, 1.54) is 4.90 Å². The van der Waals surface area contributed by atoms with Crippen molar-refractivity contribution in [1.29, 1.82) is 0 Å². The van der Waals surface area contributed by atoms with Crippen molar-refractivity contribution in [2.75, 3.05) is 36.5 Å². The molecule has 1 aromatic carbocycles. The lowest BCUT2D eigenvalue weighted by atomic mass is 10.1. The number of hydrogen-bond donors (Lipinski definition) is 3. The maximum Gasteiger partial charge on any atom is 0.415 e. The van der Waals surface area contributed by atoms with Gasteiger partial charge in [-0.05, 0) is 70.5 Å². The minimum Gasteiger partial charge on any atom is -0.480 e. The summed E-state index contributed by atoms with van der Waals surface area (Å²) >= 11 is 0. The Balaban J connectivity index is 1.08. The molecule has 0 bridgehead atoms. The van der Waals surface area contributed by atoms with E-state index < -0.39 is 17.8 Å². The van der Waals surface area contributed by atoms with Gasteiger partial charge in [0.1, 0.15) is 24.1 Å². The summed E-state index contributed by atoms with van der Waals surface area (Å²) in [6.07, 6.45) is -0.646. The fraction of sp³-hybridized carbons (Fsp3) is 0.406. The fourth-order valence-electron chi connectivity index (χ4n) is 4.72. The van der Waals surface area contributed by atoms with Gasteiger partial charge in [-0.3, -0.25) is 9.69 Å². The molecular weight excluding hydrogens is 580 g/mol. The van der Waals surface area contributed by atoms with Crippen molar-refractivity contribution in [2.45, 2.75) is 58.4 Å². The van der Waals surface area contributed by atoms with Crippen LogP contribution in [0.4, 0.5) is 21.2 Å². The summed E-state index contributed by atoms with van der Waals surface area (Å²) in [5.74, 6) is 1.32. The molecular formula is C32H38N6O7. The van der Waals surface area contributed by atoms with Gasteiger partial charge in [0.25, 0.3) is 5.91 Å². The Morgan fingerprint density at radius 2 is 1.96 bits per heavy atom. The first-order valence-corrected chi connectivity index (χ1v) is 14.8. The van der Waals surface area contributed by atoms with Crippen molar-refractivity contribution in [3.63, 3.8) is 0 Å². The van der Waals surface area contributed by atoms with Gasteiger partial charge in [-0.1, -0.05) is 24.3 Å². The number of alkyl carbamates (subject to hydrolysis) is 1. The van der Waals surface area contributed by atoms with Crippen molar-refractivity contribution in [2.24, 2.45) is 0 Å². The highest BCUT2D eigenvalue weighted by Crippen LogP contribution is 2.30. The van der Waals surface area contributed by atoms with Crippen LogP contribution < -0.4 is 30.3 Å². The van der Waals surface area contributed by atoms with Gasteiger partial charge in [-0.15, -0.1) is 0 Å². The first kappa shape index (κ1) is 31.5. The molecule has 2 aliphatic heterocycles. The summed E-state index contributed by atoms with van der Waals surface area (Å²) in [5, 5.41) is 8.83. The summed E-state index contributed by atoms with van der Waals surface area (Å²) in [5.41, 5.74) is 2.21. The number of nitrogens with one attached hydrogen (secondary N) is 3. The third kappa shape index (κ3) is 8.82. The molecule has 2 aromatic heterocycles. The van der Waals surface area contributed by atoms with E-state index in [-0.39, 0.29) is 31.3 Å². The van der Waals surface area contributed by atoms with Crippen LogP contribution in [0.15, 0.2) is 54.6 Å². The normalized spacial score (nSPS) is 16.6. The lowest BCUT2D eigenvalue weighted by molar-refractivity contribution is -0.118. The van der Waals surface area contributed by atoms with Crippen LogP contribution in [0.2, 0.25) is 0 Å².